The summed E-state index contributed by atoms with van der Waals surface area (Å²) >= 11 is 1.30. The van der Waals surface area contributed by atoms with E-state index in [0.717, 1.165) is 59.9 Å². The van der Waals surface area contributed by atoms with Crippen LogP contribution >= 0.6 is 11.9 Å². The third-order valence-electron chi connectivity index (χ3n) is 7.65. The first kappa shape index (κ1) is 24.5. The summed E-state index contributed by atoms with van der Waals surface area (Å²) in [4.78, 5) is 20.0. The van der Waals surface area contributed by atoms with Gasteiger partial charge in [-0.05, 0) is 81.1 Å². The molecule has 0 bridgehead atoms. The average Bonchev–Trinajstić information content (AvgIpc) is 3.57. The zero-order chi connectivity index (χ0) is 25.1. The number of hydrogen-bond donors (Lipinski definition) is 2. The number of likely N-dealkylation sites (tertiary alicyclic amines) is 1. The van der Waals surface area contributed by atoms with Crippen molar-refractivity contribution >= 4 is 18.0 Å². The van der Waals surface area contributed by atoms with Crippen LogP contribution in [0.4, 0.5) is 4.79 Å². The van der Waals surface area contributed by atoms with Gasteiger partial charge in [0.05, 0.1) is 20.4 Å². The van der Waals surface area contributed by atoms with Gasteiger partial charge < -0.3 is 24.1 Å². The fraction of sp³-hybridized carbons (Fsp3) is 0.407. The quantitative estimate of drug-likeness (QED) is 0.441. The molecule has 3 atom stereocenters. The van der Waals surface area contributed by atoms with E-state index in [-0.39, 0.29) is 17.5 Å². The van der Waals surface area contributed by atoms with Crippen molar-refractivity contribution in [2.75, 3.05) is 27.8 Å². The molecule has 1 aromatic heterocycles. The highest BCUT2D eigenvalue weighted by atomic mass is 32.2. The summed E-state index contributed by atoms with van der Waals surface area (Å²) in [6.45, 7) is 1.04. The van der Waals surface area contributed by atoms with Crippen LogP contribution in [0.3, 0.4) is 0 Å². The van der Waals surface area contributed by atoms with Crippen LogP contribution in [0.15, 0.2) is 64.4 Å². The summed E-state index contributed by atoms with van der Waals surface area (Å²) in [6, 6.07) is 14.4. The maximum atomic E-state index is 12.7. The Kier molecular flexibility index (Phi) is 7.11. The fourth-order valence-corrected chi connectivity index (χ4v) is 6.30. The van der Waals surface area contributed by atoms with Crippen LogP contribution in [-0.2, 0) is 5.41 Å². The Hall–Kier alpha value is -3.17. The number of aromatic nitrogens is 1. The van der Waals surface area contributed by atoms with Crippen LogP contribution < -0.4 is 19.5 Å². The number of carbonyl (C=O) groups excluding carboxylic acids is 1. The minimum atomic E-state index is -0.163. The molecule has 2 N–H and O–H groups in total. The van der Waals surface area contributed by atoms with Crippen LogP contribution in [0.1, 0.15) is 31.2 Å². The van der Waals surface area contributed by atoms with Crippen LogP contribution in [0, 0.1) is 0 Å². The Labute approximate surface area is 215 Å². The topological polar surface area (TPSA) is 88.9 Å². The number of rotatable bonds is 7. The van der Waals surface area contributed by atoms with Gasteiger partial charge in [-0.15, -0.1) is 0 Å². The molecule has 0 spiro atoms. The predicted octanol–water partition coefficient (Wildman–Crippen LogP) is 4.86. The third-order valence-corrected chi connectivity index (χ3v) is 8.45. The number of nitrogens with zero attached hydrogens (tertiary/aromatic N) is 2. The second-order valence-electron chi connectivity index (χ2n) is 9.51. The largest absolute Gasteiger partial charge is 0.493 e. The third kappa shape index (κ3) is 4.77. The Morgan fingerprint density at radius 3 is 2.67 bits per heavy atom. The average molecular weight is 509 g/mol. The molecule has 1 aliphatic heterocycles. The van der Waals surface area contributed by atoms with Gasteiger partial charge in [-0.2, -0.15) is 0 Å². The van der Waals surface area contributed by atoms with Gasteiger partial charge in [0, 0.05) is 28.0 Å². The molecule has 3 aromatic rings. The summed E-state index contributed by atoms with van der Waals surface area (Å²) in [5.74, 6) is 2.23. The lowest BCUT2D eigenvalue weighted by atomic mass is 9.65. The number of oxazole rings is 1. The SMILES string of the molecule is COc1ccc(C23CCC(NC(=O)NSc4ccc(-c5cnco5)cc4)CC2N(C)CC3)cc1OC. The van der Waals surface area contributed by atoms with E-state index in [4.69, 9.17) is 13.9 Å². The zero-order valence-electron chi connectivity index (χ0n) is 20.8. The minimum absolute atomic E-state index is 0.0585. The van der Waals surface area contributed by atoms with Gasteiger partial charge in [-0.25, -0.2) is 9.78 Å². The normalized spacial score (nSPS) is 23.6. The Morgan fingerprint density at radius 1 is 1.14 bits per heavy atom. The molecule has 190 valence electrons. The number of urea groups is 1. The van der Waals surface area contributed by atoms with E-state index in [9.17, 15) is 4.79 Å². The number of fused-ring (bicyclic) bond motifs is 1. The number of likely N-dealkylation sites (N-methyl/N-ethyl adjacent to an activating group) is 1. The van der Waals surface area contributed by atoms with Crippen molar-refractivity contribution in [3.63, 3.8) is 0 Å². The van der Waals surface area contributed by atoms with Crippen LogP contribution in [0.25, 0.3) is 11.3 Å². The van der Waals surface area contributed by atoms with Gasteiger partial charge in [-0.3, -0.25) is 4.72 Å². The number of methoxy groups -OCH3 is 2. The van der Waals surface area contributed by atoms with E-state index in [1.165, 1.54) is 23.9 Å². The van der Waals surface area contributed by atoms with Crippen molar-refractivity contribution in [2.24, 2.45) is 0 Å². The highest BCUT2D eigenvalue weighted by Crippen LogP contribution is 2.49. The zero-order valence-corrected chi connectivity index (χ0v) is 21.6. The van der Waals surface area contributed by atoms with Gasteiger partial charge >= 0.3 is 6.03 Å². The molecule has 0 radical (unpaired) electrons. The first-order chi connectivity index (χ1) is 17.5. The van der Waals surface area contributed by atoms with Crippen LogP contribution in [0.2, 0.25) is 0 Å². The second-order valence-corrected chi connectivity index (χ2v) is 10.4. The van der Waals surface area contributed by atoms with Gasteiger partial charge in [0.1, 0.15) is 0 Å². The van der Waals surface area contributed by atoms with Crippen LogP contribution in [-0.4, -0.2) is 55.8 Å². The summed E-state index contributed by atoms with van der Waals surface area (Å²) in [6.07, 6.45) is 7.05. The van der Waals surface area contributed by atoms with E-state index in [2.05, 4.69) is 39.1 Å². The van der Waals surface area contributed by atoms with Crippen molar-refractivity contribution in [1.82, 2.24) is 19.9 Å². The molecule has 1 aliphatic carbocycles. The molecule has 1 saturated heterocycles. The van der Waals surface area contributed by atoms with E-state index < -0.39 is 0 Å². The number of hydrogen-bond acceptors (Lipinski definition) is 7. The molecule has 2 fully saturated rings. The number of benzene rings is 2. The Morgan fingerprint density at radius 2 is 1.94 bits per heavy atom. The monoisotopic (exact) mass is 508 g/mol. The standard InChI is InChI=1S/C27H32N4O4S/c1-31-13-12-27(19-6-9-22(33-2)23(14-19)34-3)11-10-20(15-25(27)31)29-26(32)30-36-21-7-4-18(5-8-21)24-16-28-17-35-24/h4-9,14,16-17,20,25H,10-13,15H2,1-3H3,(H2,29,30,32). The second kappa shape index (κ2) is 10.4. The molecule has 9 heteroatoms. The molecule has 2 aliphatic rings. The van der Waals surface area contributed by atoms with Gasteiger partial charge in [0.15, 0.2) is 23.7 Å². The molecule has 36 heavy (non-hydrogen) atoms. The summed E-state index contributed by atoms with van der Waals surface area (Å²) < 4.78 is 19.3. The van der Waals surface area contributed by atoms with Crippen molar-refractivity contribution in [2.45, 2.75) is 48.1 Å². The lowest BCUT2D eigenvalue weighted by Crippen LogP contribution is -2.52. The molecule has 2 amide bonds. The highest BCUT2D eigenvalue weighted by molar-refractivity contribution is 7.98. The van der Waals surface area contributed by atoms with E-state index in [0.29, 0.717) is 6.04 Å². The number of carbonyl (C=O) groups is 1. The smallest absolute Gasteiger partial charge is 0.325 e. The first-order valence-corrected chi connectivity index (χ1v) is 13.0. The van der Waals surface area contributed by atoms with Crippen molar-refractivity contribution in [1.29, 1.82) is 0 Å². The summed E-state index contributed by atoms with van der Waals surface area (Å²) in [5, 5.41) is 3.20. The molecule has 2 heterocycles. The molecular formula is C27H32N4O4S. The van der Waals surface area contributed by atoms with Crippen molar-refractivity contribution in [3.05, 3.63) is 60.6 Å². The Bertz CT molecular complexity index is 1190. The molecule has 5 rings (SSSR count). The lowest BCUT2D eigenvalue weighted by Gasteiger charge is -2.45. The highest BCUT2D eigenvalue weighted by Gasteiger charge is 2.50. The predicted molar refractivity (Wildman–Crippen MR) is 139 cm³/mol. The molecule has 2 aromatic carbocycles. The number of amides is 2. The first-order valence-electron chi connectivity index (χ1n) is 12.2. The molecule has 3 unspecified atom stereocenters. The van der Waals surface area contributed by atoms with Crippen molar-refractivity contribution in [3.8, 4) is 22.8 Å². The maximum Gasteiger partial charge on any atom is 0.325 e. The van der Waals surface area contributed by atoms with Gasteiger partial charge in [0.25, 0.3) is 0 Å². The fourth-order valence-electron chi connectivity index (χ4n) is 5.76. The lowest BCUT2D eigenvalue weighted by molar-refractivity contribution is 0.155. The van der Waals surface area contributed by atoms with Gasteiger partial charge in [0.2, 0.25) is 0 Å². The molecule has 8 nitrogen and oxygen atoms in total. The van der Waals surface area contributed by atoms with E-state index >= 15 is 0 Å². The minimum Gasteiger partial charge on any atom is -0.493 e. The van der Waals surface area contributed by atoms with E-state index in [1.807, 2.05) is 30.3 Å². The molecule has 1 saturated carbocycles. The number of ether oxygens (including phenoxy) is 2. The van der Waals surface area contributed by atoms with Crippen molar-refractivity contribution < 1.29 is 18.7 Å². The number of nitrogens with one attached hydrogen (secondary N) is 2. The maximum absolute atomic E-state index is 12.7. The van der Waals surface area contributed by atoms with Crippen LogP contribution in [0.5, 0.6) is 11.5 Å². The summed E-state index contributed by atoms with van der Waals surface area (Å²) in [5.41, 5.74) is 2.30. The van der Waals surface area contributed by atoms with E-state index in [1.54, 1.807) is 20.4 Å². The molecular weight excluding hydrogens is 476 g/mol. The van der Waals surface area contributed by atoms with Gasteiger partial charge in [-0.1, -0.05) is 18.2 Å². The Balaban J connectivity index is 1.20. The summed E-state index contributed by atoms with van der Waals surface area (Å²) in [7, 11) is 5.53.